The Kier molecular flexibility index (Phi) is 6.57. The molecule has 0 unspecified atom stereocenters. The molecule has 0 saturated heterocycles. The Morgan fingerprint density at radius 3 is 2.67 bits per heavy atom. The lowest BCUT2D eigenvalue weighted by Gasteiger charge is -2.17. The lowest BCUT2D eigenvalue weighted by molar-refractivity contribution is -0.118. The minimum Gasteiger partial charge on any atom is -0.383 e. The van der Waals surface area contributed by atoms with Gasteiger partial charge in [0.05, 0.1) is 19.6 Å². The Balaban J connectivity index is 1.51. The highest BCUT2D eigenvalue weighted by Crippen LogP contribution is 2.28. The molecular formula is C21H25N3O3. The molecule has 6 heteroatoms. The fourth-order valence-electron chi connectivity index (χ4n) is 3.15. The van der Waals surface area contributed by atoms with Crippen LogP contribution >= 0.6 is 0 Å². The van der Waals surface area contributed by atoms with E-state index in [9.17, 15) is 9.59 Å². The van der Waals surface area contributed by atoms with Gasteiger partial charge in [0.15, 0.2) is 0 Å². The molecule has 0 spiro atoms. The summed E-state index contributed by atoms with van der Waals surface area (Å²) in [5.41, 5.74) is 3.90. The van der Waals surface area contributed by atoms with Gasteiger partial charge in [-0.1, -0.05) is 30.3 Å². The van der Waals surface area contributed by atoms with Gasteiger partial charge in [-0.25, -0.2) is 0 Å². The second-order valence-electron chi connectivity index (χ2n) is 6.52. The monoisotopic (exact) mass is 367 g/mol. The van der Waals surface area contributed by atoms with Gasteiger partial charge in [-0.3, -0.25) is 9.59 Å². The van der Waals surface area contributed by atoms with Gasteiger partial charge in [0.25, 0.3) is 0 Å². The van der Waals surface area contributed by atoms with Crippen LogP contribution in [0.3, 0.4) is 0 Å². The van der Waals surface area contributed by atoms with E-state index in [-0.39, 0.29) is 18.4 Å². The summed E-state index contributed by atoms with van der Waals surface area (Å²) in [7, 11) is 1.62. The maximum absolute atomic E-state index is 12.6. The molecule has 0 saturated carbocycles. The Hall–Kier alpha value is -2.70. The largest absolute Gasteiger partial charge is 0.383 e. The Morgan fingerprint density at radius 2 is 1.89 bits per heavy atom. The topological polar surface area (TPSA) is 70.7 Å². The number of carbonyl (C=O) groups excluding carboxylic acids is 2. The number of para-hydroxylation sites is 1. The molecule has 0 radical (unpaired) electrons. The molecule has 0 bridgehead atoms. The quantitative estimate of drug-likeness (QED) is 0.700. The van der Waals surface area contributed by atoms with E-state index in [0.29, 0.717) is 19.6 Å². The van der Waals surface area contributed by atoms with Crippen molar-refractivity contribution in [2.24, 2.45) is 0 Å². The summed E-state index contributed by atoms with van der Waals surface area (Å²) < 4.78 is 4.92. The number of anilines is 2. The molecule has 2 amide bonds. The first-order chi connectivity index (χ1) is 13.2. The number of hydrogen-bond donors (Lipinski definition) is 2. The molecule has 1 heterocycles. The van der Waals surface area contributed by atoms with Gasteiger partial charge < -0.3 is 20.3 Å². The maximum atomic E-state index is 12.6. The molecule has 2 aromatic carbocycles. The van der Waals surface area contributed by atoms with Gasteiger partial charge in [-0.15, -0.1) is 0 Å². The van der Waals surface area contributed by atoms with Gasteiger partial charge >= 0.3 is 0 Å². The van der Waals surface area contributed by atoms with Gasteiger partial charge in [-0.05, 0) is 35.7 Å². The number of nitrogens with one attached hydrogen (secondary N) is 2. The molecule has 6 nitrogen and oxygen atoms in total. The van der Waals surface area contributed by atoms with Crippen LogP contribution in [0, 0.1) is 0 Å². The van der Waals surface area contributed by atoms with Crippen molar-refractivity contribution < 1.29 is 14.3 Å². The van der Waals surface area contributed by atoms with Crippen LogP contribution in [0.4, 0.5) is 11.4 Å². The highest BCUT2D eigenvalue weighted by molar-refractivity contribution is 5.97. The lowest BCUT2D eigenvalue weighted by Crippen LogP contribution is -2.30. The van der Waals surface area contributed by atoms with E-state index in [4.69, 9.17) is 4.74 Å². The van der Waals surface area contributed by atoms with Crippen LogP contribution in [-0.4, -0.2) is 45.2 Å². The fourth-order valence-corrected chi connectivity index (χ4v) is 3.15. The third-order valence-corrected chi connectivity index (χ3v) is 4.55. The van der Waals surface area contributed by atoms with Crippen LogP contribution in [0.2, 0.25) is 0 Å². The SMILES string of the molecule is COCCNCC(=O)Nc1ccc(CC(=O)N2CCc3ccccc32)cc1. The van der Waals surface area contributed by atoms with Crippen LogP contribution in [0.1, 0.15) is 11.1 Å². The number of rotatable bonds is 8. The minimum absolute atomic E-state index is 0.0964. The van der Waals surface area contributed by atoms with E-state index in [1.165, 1.54) is 5.56 Å². The van der Waals surface area contributed by atoms with Gasteiger partial charge in [0.1, 0.15) is 0 Å². The number of ether oxygens (including phenoxy) is 1. The number of nitrogens with zero attached hydrogens (tertiary/aromatic N) is 1. The Labute approximate surface area is 159 Å². The summed E-state index contributed by atoms with van der Waals surface area (Å²) in [5.74, 6) is -0.0114. The van der Waals surface area contributed by atoms with E-state index < -0.39 is 0 Å². The molecule has 2 N–H and O–H groups in total. The fraction of sp³-hybridized carbons (Fsp3) is 0.333. The Bertz CT molecular complexity index is 790. The van der Waals surface area contributed by atoms with E-state index >= 15 is 0 Å². The third-order valence-electron chi connectivity index (χ3n) is 4.55. The molecule has 2 aromatic rings. The number of methoxy groups -OCH3 is 1. The Morgan fingerprint density at radius 1 is 1.11 bits per heavy atom. The first-order valence-corrected chi connectivity index (χ1v) is 9.14. The number of fused-ring (bicyclic) bond motifs is 1. The molecule has 0 atom stereocenters. The average molecular weight is 367 g/mol. The number of amides is 2. The van der Waals surface area contributed by atoms with E-state index in [0.717, 1.165) is 29.9 Å². The third kappa shape index (κ3) is 5.15. The number of carbonyl (C=O) groups is 2. The summed E-state index contributed by atoms with van der Waals surface area (Å²) in [6.45, 7) is 2.17. The zero-order chi connectivity index (χ0) is 19.1. The summed E-state index contributed by atoms with van der Waals surface area (Å²) in [4.78, 5) is 26.4. The highest BCUT2D eigenvalue weighted by Gasteiger charge is 2.23. The van der Waals surface area contributed by atoms with Crippen molar-refractivity contribution >= 4 is 23.2 Å². The number of hydrogen-bond acceptors (Lipinski definition) is 4. The molecule has 27 heavy (non-hydrogen) atoms. The van der Waals surface area contributed by atoms with Crippen LogP contribution in [0.5, 0.6) is 0 Å². The second-order valence-corrected chi connectivity index (χ2v) is 6.52. The van der Waals surface area contributed by atoms with Crippen LogP contribution in [0.25, 0.3) is 0 Å². The van der Waals surface area contributed by atoms with Gasteiger partial charge in [-0.2, -0.15) is 0 Å². The zero-order valence-corrected chi connectivity index (χ0v) is 15.5. The van der Waals surface area contributed by atoms with E-state index in [1.54, 1.807) is 7.11 Å². The van der Waals surface area contributed by atoms with Crippen LogP contribution in [0.15, 0.2) is 48.5 Å². The summed E-state index contributed by atoms with van der Waals surface area (Å²) in [6, 6.07) is 15.5. The molecule has 142 valence electrons. The average Bonchev–Trinajstić information content (AvgIpc) is 3.11. The summed E-state index contributed by atoms with van der Waals surface area (Å²) >= 11 is 0. The van der Waals surface area contributed by atoms with Gasteiger partial charge in [0.2, 0.25) is 11.8 Å². The number of benzene rings is 2. The molecule has 1 aliphatic rings. The van der Waals surface area contributed by atoms with Crippen LogP contribution < -0.4 is 15.5 Å². The normalized spacial score (nSPS) is 12.7. The van der Waals surface area contributed by atoms with Gasteiger partial charge in [0, 0.05) is 31.6 Å². The predicted molar refractivity (Wildman–Crippen MR) is 106 cm³/mol. The standard InChI is InChI=1S/C21H25N3O3/c1-27-13-11-22-15-20(25)23-18-8-6-16(7-9-18)14-21(26)24-12-10-17-4-2-3-5-19(17)24/h2-9,22H,10-15H2,1H3,(H,23,25). The van der Waals surface area contributed by atoms with Crippen LogP contribution in [-0.2, 0) is 27.2 Å². The smallest absolute Gasteiger partial charge is 0.238 e. The predicted octanol–water partition coefficient (Wildman–Crippen LogP) is 1.99. The maximum Gasteiger partial charge on any atom is 0.238 e. The molecule has 0 fully saturated rings. The lowest BCUT2D eigenvalue weighted by atomic mass is 10.1. The zero-order valence-electron chi connectivity index (χ0n) is 15.5. The van der Waals surface area contributed by atoms with Crippen molar-refractivity contribution in [3.63, 3.8) is 0 Å². The van der Waals surface area contributed by atoms with Crippen molar-refractivity contribution in [1.82, 2.24) is 5.32 Å². The molecule has 0 aliphatic carbocycles. The molecular weight excluding hydrogens is 342 g/mol. The van der Waals surface area contributed by atoms with E-state index in [2.05, 4.69) is 16.7 Å². The molecule has 3 rings (SSSR count). The first kappa shape index (κ1) is 19.1. The van der Waals surface area contributed by atoms with Crippen molar-refractivity contribution in [2.45, 2.75) is 12.8 Å². The molecule has 0 aromatic heterocycles. The second kappa shape index (κ2) is 9.30. The van der Waals surface area contributed by atoms with Crippen molar-refractivity contribution in [2.75, 3.05) is 43.6 Å². The van der Waals surface area contributed by atoms with Crippen molar-refractivity contribution in [1.29, 1.82) is 0 Å². The van der Waals surface area contributed by atoms with Crippen molar-refractivity contribution in [3.8, 4) is 0 Å². The van der Waals surface area contributed by atoms with Crippen molar-refractivity contribution in [3.05, 3.63) is 59.7 Å². The summed E-state index contributed by atoms with van der Waals surface area (Å²) in [5, 5.41) is 5.83. The molecule has 1 aliphatic heterocycles. The highest BCUT2D eigenvalue weighted by atomic mass is 16.5. The summed E-state index contributed by atoms with van der Waals surface area (Å²) in [6.07, 6.45) is 1.26. The first-order valence-electron chi connectivity index (χ1n) is 9.14. The van der Waals surface area contributed by atoms with E-state index in [1.807, 2.05) is 47.4 Å². The minimum atomic E-state index is -0.108.